The van der Waals surface area contributed by atoms with Gasteiger partial charge in [0.15, 0.2) is 0 Å². The molecule has 1 aliphatic rings. The van der Waals surface area contributed by atoms with Gasteiger partial charge in [0.2, 0.25) is 0 Å². The van der Waals surface area contributed by atoms with Crippen LogP contribution >= 0.6 is 11.3 Å². The average molecular weight is 295 g/mol. The fraction of sp³-hybridized carbons (Fsp3) is 0.222. The Balaban J connectivity index is 1.71. The standard InChI is InChI=1S/C18H17NOS/c1-11-8-14-9-13(6-7-15(14)20-11)18(19)17-10-12-4-2-3-5-16(12)21-17/h2-7,9-11,18H,8,19H2,1H3. The summed E-state index contributed by atoms with van der Waals surface area (Å²) in [5, 5.41) is 1.27. The topological polar surface area (TPSA) is 35.2 Å². The zero-order valence-corrected chi connectivity index (χ0v) is 12.7. The van der Waals surface area contributed by atoms with Gasteiger partial charge in [-0.05, 0) is 41.6 Å². The smallest absolute Gasteiger partial charge is 0.123 e. The molecular weight excluding hydrogens is 278 g/mol. The molecule has 1 aliphatic heterocycles. The van der Waals surface area contributed by atoms with Gasteiger partial charge in [0.25, 0.3) is 0 Å². The highest BCUT2D eigenvalue weighted by molar-refractivity contribution is 7.19. The molecule has 2 heterocycles. The normalized spacial score (nSPS) is 18.5. The molecule has 4 rings (SSSR count). The molecule has 0 spiro atoms. The highest BCUT2D eigenvalue weighted by atomic mass is 32.1. The number of hydrogen-bond acceptors (Lipinski definition) is 3. The van der Waals surface area contributed by atoms with E-state index < -0.39 is 0 Å². The maximum Gasteiger partial charge on any atom is 0.123 e. The molecule has 3 heteroatoms. The third kappa shape index (κ3) is 2.23. The van der Waals surface area contributed by atoms with Crippen molar-refractivity contribution in [1.82, 2.24) is 0 Å². The van der Waals surface area contributed by atoms with Gasteiger partial charge < -0.3 is 10.5 Å². The third-order valence-corrected chi connectivity index (χ3v) is 5.23. The summed E-state index contributed by atoms with van der Waals surface area (Å²) in [6, 6.07) is 16.9. The van der Waals surface area contributed by atoms with Crippen LogP contribution in [-0.2, 0) is 6.42 Å². The summed E-state index contributed by atoms with van der Waals surface area (Å²) in [5.74, 6) is 1.01. The van der Waals surface area contributed by atoms with Gasteiger partial charge in [-0.15, -0.1) is 11.3 Å². The Morgan fingerprint density at radius 3 is 2.90 bits per heavy atom. The molecule has 0 amide bonds. The van der Waals surface area contributed by atoms with E-state index in [1.807, 2.05) is 0 Å². The first-order valence-electron chi connectivity index (χ1n) is 7.24. The molecule has 2 unspecified atom stereocenters. The molecule has 2 aromatic carbocycles. The predicted octanol–water partition coefficient (Wildman–Crippen LogP) is 4.27. The first-order valence-corrected chi connectivity index (χ1v) is 8.06. The second-order valence-corrected chi connectivity index (χ2v) is 6.78. The van der Waals surface area contributed by atoms with Gasteiger partial charge in [-0.25, -0.2) is 0 Å². The third-order valence-electron chi connectivity index (χ3n) is 4.03. The molecule has 2 N–H and O–H groups in total. The SMILES string of the molecule is CC1Cc2cc(C(N)c3cc4ccccc4s3)ccc2O1. The molecule has 2 nitrogen and oxygen atoms in total. The monoisotopic (exact) mass is 295 g/mol. The molecule has 2 atom stereocenters. The summed E-state index contributed by atoms with van der Waals surface area (Å²) in [4.78, 5) is 1.21. The largest absolute Gasteiger partial charge is 0.490 e. The van der Waals surface area contributed by atoms with Crippen molar-refractivity contribution in [3.63, 3.8) is 0 Å². The highest BCUT2D eigenvalue weighted by Gasteiger charge is 2.21. The maximum atomic E-state index is 6.48. The number of nitrogens with two attached hydrogens (primary N) is 1. The Morgan fingerprint density at radius 1 is 1.19 bits per heavy atom. The van der Waals surface area contributed by atoms with Gasteiger partial charge >= 0.3 is 0 Å². The lowest BCUT2D eigenvalue weighted by atomic mass is 10.0. The Labute approximate surface area is 128 Å². The highest BCUT2D eigenvalue weighted by Crippen LogP contribution is 2.35. The lowest BCUT2D eigenvalue weighted by molar-refractivity contribution is 0.254. The zero-order chi connectivity index (χ0) is 14.4. The zero-order valence-electron chi connectivity index (χ0n) is 11.9. The second kappa shape index (κ2) is 4.86. The van der Waals surface area contributed by atoms with Crippen LogP contribution in [0.1, 0.15) is 29.0 Å². The Morgan fingerprint density at radius 2 is 2.05 bits per heavy atom. The average Bonchev–Trinajstić information content (AvgIpc) is 3.07. The van der Waals surface area contributed by atoms with Crippen LogP contribution in [0.4, 0.5) is 0 Å². The van der Waals surface area contributed by atoms with Crippen LogP contribution in [0.2, 0.25) is 0 Å². The van der Waals surface area contributed by atoms with Crippen LogP contribution in [-0.4, -0.2) is 6.10 Å². The molecule has 0 radical (unpaired) electrons. The van der Waals surface area contributed by atoms with Gasteiger partial charge in [-0.2, -0.15) is 0 Å². The van der Waals surface area contributed by atoms with E-state index in [1.54, 1.807) is 11.3 Å². The van der Waals surface area contributed by atoms with Crippen LogP contribution in [0, 0.1) is 0 Å². The molecule has 0 saturated carbocycles. The van der Waals surface area contributed by atoms with E-state index in [2.05, 4.69) is 55.5 Å². The van der Waals surface area contributed by atoms with E-state index in [4.69, 9.17) is 10.5 Å². The Kier molecular flexibility index (Phi) is 2.98. The van der Waals surface area contributed by atoms with Gasteiger partial charge in [0.1, 0.15) is 11.9 Å². The molecular formula is C18H17NOS. The molecule has 0 fully saturated rings. The number of hydrogen-bond donors (Lipinski definition) is 1. The number of rotatable bonds is 2. The maximum absolute atomic E-state index is 6.48. The lowest BCUT2D eigenvalue weighted by Gasteiger charge is -2.11. The van der Waals surface area contributed by atoms with E-state index in [0.717, 1.165) is 17.7 Å². The summed E-state index contributed by atoms with van der Waals surface area (Å²) in [5.41, 5.74) is 8.92. The fourth-order valence-electron chi connectivity index (χ4n) is 2.96. The first-order chi connectivity index (χ1) is 10.2. The molecule has 21 heavy (non-hydrogen) atoms. The first kappa shape index (κ1) is 12.9. The minimum atomic E-state index is -0.0661. The quantitative estimate of drug-likeness (QED) is 0.766. The lowest BCUT2D eigenvalue weighted by Crippen LogP contribution is -2.10. The van der Waals surface area contributed by atoms with Gasteiger partial charge in [0, 0.05) is 16.0 Å². The van der Waals surface area contributed by atoms with E-state index >= 15 is 0 Å². The Hall–Kier alpha value is -1.84. The summed E-state index contributed by atoms with van der Waals surface area (Å²) >= 11 is 1.78. The second-order valence-electron chi connectivity index (χ2n) is 5.66. The van der Waals surface area contributed by atoms with Crippen LogP contribution < -0.4 is 10.5 Å². The van der Waals surface area contributed by atoms with Crippen molar-refractivity contribution >= 4 is 21.4 Å². The number of ether oxygens (including phenoxy) is 1. The molecule has 0 bridgehead atoms. The predicted molar refractivity (Wildman–Crippen MR) is 88.1 cm³/mol. The fourth-order valence-corrected chi connectivity index (χ4v) is 4.05. The van der Waals surface area contributed by atoms with Crippen molar-refractivity contribution in [3.05, 3.63) is 64.5 Å². The number of fused-ring (bicyclic) bond motifs is 2. The van der Waals surface area contributed by atoms with Crippen molar-refractivity contribution in [2.75, 3.05) is 0 Å². The van der Waals surface area contributed by atoms with Crippen LogP contribution in [0.3, 0.4) is 0 Å². The van der Waals surface area contributed by atoms with Gasteiger partial charge in [-0.1, -0.05) is 30.3 Å². The molecule has 0 saturated heterocycles. The van der Waals surface area contributed by atoms with Crippen molar-refractivity contribution in [1.29, 1.82) is 0 Å². The summed E-state index contributed by atoms with van der Waals surface area (Å²) in [7, 11) is 0. The Bertz CT molecular complexity index is 775. The molecule has 3 aromatic rings. The van der Waals surface area contributed by atoms with E-state index in [-0.39, 0.29) is 12.1 Å². The molecule has 106 valence electrons. The van der Waals surface area contributed by atoms with Gasteiger partial charge in [-0.3, -0.25) is 0 Å². The van der Waals surface area contributed by atoms with E-state index in [9.17, 15) is 0 Å². The van der Waals surface area contributed by atoms with E-state index in [0.29, 0.717) is 0 Å². The van der Waals surface area contributed by atoms with Crippen LogP contribution in [0.25, 0.3) is 10.1 Å². The van der Waals surface area contributed by atoms with Crippen LogP contribution in [0.15, 0.2) is 48.5 Å². The summed E-state index contributed by atoms with van der Waals surface area (Å²) < 4.78 is 7.05. The molecule has 1 aromatic heterocycles. The number of thiophene rings is 1. The number of benzene rings is 2. The summed E-state index contributed by atoms with van der Waals surface area (Å²) in [6.45, 7) is 2.10. The summed E-state index contributed by atoms with van der Waals surface area (Å²) in [6.07, 6.45) is 1.25. The van der Waals surface area contributed by atoms with Crippen molar-refractivity contribution in [2.24, 2.45) is 5.73 Å². The van der Waals surface area contributed by atoms with Crippen molar-refractivity contribution in [3.8, 4) is 5.75 Å². The van der Waals surface area contributed by atoms with Crippen molar-refractivity contribution < 1.29 is 4.74 Å². The van der Waals surface area contributed by atoms with Gasteiger partial charge in [0.05, 0.1) is 6.04 Å². The van der Waals surface area contributed by atoms with Crippen molar-refractivity contribution in [2.45, 2.75) is 25.5 Å². The minimum absolute atomic E-state index is 0.0661. The molecule has 0 aliphatic carbocycles. The van der Waals surface area contributed by atoms with Crippen LogP contribution in [0.5, 0.6) is 5.75 Å². The van der Waals surface area contributed by atoms with E-state index in [1.165, 1.54) is 20.5 Å². The minimum Gasteiger partial charge on any atom is -0.490 e.